The lowest BCUT2D eigenvalue weighted by Crippen LogP contribution is -2.56. The van der Waals surface area contributed by atoms with Crippen LogP contribution < -0.4 is 21.1 Å². The van der Waals surface area contributed by atoms with Gasteiger partial charge in [-0.25, -0.2) is 13.8 Å². The number of rotatable bonds is 11. The molecule has 2 aromatic heterocycles. The number of amides is 1. The quantitative estimate of drug-likeness (QED) is 0.213. The number of carbonyl (C=O) groups is 2. The van der Waals surface area contributed by atoms with E-state index in [1.807, 2.05) is 0 Å². The summed E-state index contributed by atoms with van der Waals surface area (Å²) in [5, 5.41) is 10.2. The van der Waals surface area contributed by atoms with E-state index >= 15 is 0 Å². The zero-order valence-electron chi connectivity index (χ0n) is 27.5. The summed E-state index contributed by atoms with van der Waals surface area (Å²) >= 11 is 1.13. The fourth-order valence-corrected chi connectivity index (χ4v) is 7.69. The second kappa shape index (κ2) is 13.9. The molecule has 1 atom stereocenters. The fourth-order valence-electron chi connectivity index (χ4n) is 6.46. The van der Waals surface area contributed by atoms with Gasteiger partial charge in [-0.05, 0) is 71.6 Å². The summed E-state index contributed by atoms with van der Waals surface area (Å²) in [7, 11) is 1.46. The molecule has 1 saturated heterocycles. The van der Waals surface area contributed by atoms with Crippen molar-refractivity contribution in [2.24, 2.45) is 10.2 Å². The predicted octanol–water partition coefficient (Wildman–Crippen LogP) is 4.74. The Kier molecular flexibility index (Phi) is 10.1. The van der Waals surface area contributed by atoms with E-state index in [0.717, 1.165) is 28.7 Å². The highest BCUT2D eigenvalue weighted by Gasteiger charge is 2.39. The first-order valence-corrected chi connectivity index (χ1v) is 16.6. The van der Waals surface area contributed by atoms with Gasteiger partial charge in [0.05, 0.1) is 25.1 Å². The minimum atomic E-state index is -1.53. The highest BCUT2D eigenvalue weighted by Crippen LogP contribution is 2.39. The number of nitrogens with zero attached hydrogens (tertiary/aromatic N) is 6. The van der Waals surface area contributed by atoms with Crippen LogP contribution >= 0.6 is 11.3 Å². The number of thiophene rings is 1. The Morgan fingerprint density at radius 3 is 2.51 bits per heavy atom. The van der Waals surface area contributed by atoms with Crippen molar-refractivity contribution in [2.45, 2.75) is 90.5 Å². The molecule has 0 radical (unpaired) electrons. The number of carbonyl (C=O) groups excluding carboxylic acids is 2. The van der Waals surface area contributed by atoms with Crippen LogP contribution in [0.4, 0.5) is 9.39 Å². The zero-order valence-corrected chi connectivity index (χ0v) is 28.3. The molecule has 0 spiro atoms. The number of hydrogen-bond donors (Lipinski definition) is 0. The maximum atomic E-state index is 14.8. The van der Waals surface area contributed by atoms with Crippen molar-refractivity contribution >= 4 is 51.2 Å². The third-order valence-electron chi connectivity index (χ3n) is 8.94. The molecule has 14 heteroatoms. The van der Waals surface area contributed by atoms with E-state index in [0.29, 0.717) is 65.5 Å². The van der Waals surface area contributed by atoms with Crippen LogP contribution in [0.15, 0.2) is 38.0 Å². The van der Waals surface area contributed by atoms with Crippen LogP contribution in [0.1, 0.15) is 76.5 Å². The summed E-state index contributed by atoms with van der Waals surface area (Å²) in [6.45, 7) is 11.2. The van der Waals surface area contributed by atoms with E-state index < -0.39 is 28.7 Å². The van der Waals surface area contributed by atoms with Crippen molar-refractivity contribution in [2.75, 3.05) is 25.3 Å². The molecule has 0 N–H and O–H groups in total. The highest BCUT2D eigenvalue weighted by molar-refractivity contribution is 7.22. The normalized spacial score (nSPS) is 16.7. The molecule has 3 aromatic rings. The van der Waals surface area contributed by atoms with Gasteiger partial charge in [-0.3, -0.25) is 19.0 Å². The molecular weight excluding hydrogens is 627 g/mol. The van der Waals surface area contributed by atoms with Crippen LogP contribution in [0.3, 0.4) is 0 Å². The van der Waals surface area contributed by atoms with Gasteiger partial charge in [0.25, 0.3) is 5.56 Å². The van der Waals surface area contributed by atoms with Crippen LogP contribution in [0.2, 0.25) is 0 Å². The minimum Gasteiger partial charge on any atom is -0.496 e. The fraction of sp³-hybridized carbons (Fsp3) is 0.515. The molecule has 0 unspecified atom stereocenters. The lowest BCUT2D eigenvalue weighted by Gasteiger charge is -2.32. The van der Waals surface area contributed by atoms with E-state index in [9.17, 15) is 23.6 Å². The molecule has 2 fully saturated rings. The van der Waals surface area contributed by atoms with E-state index in [1.165, 1.54) is 41.2 Å². The Morgan fingerprint density at radius 2 is 1.89 bits per heavy atom. The first-order valence-electron chi connectivity index (χ1n) is 15.8. The molecule has 1 aliphatic heterocycles. The number of Topliss-reactive ketones (excluding diaryl/α,β-unsaturated/α-hetero) is 1. The summed E-state index contributed by atoms with van der Waals surface area (Å²) in [6, 6.07) is 4.07. The van der Waals surface area contributed by atoms with Crippen molar-refractivity contribution in [3.8, 4) is 5.75 Å². The van der Waals surface area contributed by atoms with Gasteiger partial charge in [0.1, 0.15) is 38.8 Å². The van der Waals surface area contributed by atoms with Crippen molar-refractivity contribution < 1.29 is 23.5 Å². The van der Waals surface area contributed by atoms with E-state index in [-0.39, 0.29) is 29.7 Å². The van der Waals surface area contributed by atoms with Gasteiger partial charge in [-0.15, -0.1) is 5.12 Å². The molecular formula is C33H41FN6O6S. The molecule has 12 nitrogen and oxygen atoms in total. The lowest BCUT2D eigenvalue weighted by molar-refractivity contribution is -0.138. The van der Waals surface area contributed by atoms with Gasteiger partial charge in [-0.2, -0.15) is 10.2 Å². The Labute approximate surface area is 276 Å². The second-order valence-electron chi connectivity index (χ2n) is 12.4. The van der Waals surface area contributed by atoms with Gasteiger partial charge < -0.3 is 14.4 Å². The lowest BCUT2D eigenvalue weighted by atomic mass is 9.96. The number of methoxy groups -OCH3 is 1. The second-order valence-corrected chi connectivity index (χ2v) is 13.3. The van der Waals surface area contributed by atoms with Crippen molar-refractivity contribution in [3.63, 3.8) is 0 Å². The molecule has 1 saturated carbocycles. The van der Waals surface area contributed by atoms with Crippen LogP contribution in [0.25, 0.3) is 10.2 Å². The first kappa shape index (κ1) is 34.2. The number of hydrazone groups is 2. The van der Waals surface area contributed by atoms with Crippen molar-refractivity contribution in [3.05, 3.63) is 56.0 Å². The number of aromatic nitrogens is 2. The SMILES string of the molecule is C=NN(/N=C\C)c1sc2c(c1C)c(=O)n(C(C)(C)C(=O)N1CCCC1)c(=O)n2C[C@H](OC1CCC(=O)CC1)c1cc(F)ccc1OC. The molecule has 2 aliphatic rings. The summed E-state index contributed by atoms with van der Waals surface area (Å²) in [4.78, 5) is 56.9. The number of ketones is 1. The van der Waals surface area contributed by atoms with Crippen LogP contribution in [0.5, 0.6) is 5.75 Å². The number of hydrogen-bond acceptors (Lipinski definition) is 10. The molecule has 252 valence electrons. The number of fused-ring (bicyclic) bond motifs is 1. The number of likely N-dealkylation sites (tertiary alicyclic amines) is 1. The topological polar surface area (TPSA) is 128 Å². The maximum absolute atomic E-state index is 14.8. The third kappa shape index (κ3) is 6.53. The number of benzene rings is 1. The molecule has 0 bridgehead atoms. The zero-order chi connectivity index (χ0) is 34.0. The van der Waals surface area contributed by atoms with E-state index in [1.54, 1.807) is 32.6 Å². The number of ether oxygens (including phenoxy) is 2. The van der Waals surface area contributed by atoms with E-state index in [4.69, 9.17) is 9.47 Å². The largest absolute Gasteiger partial charge is 0.496 e. The Balaban J connectivity index is 1.76. The van der Waals surface area contributed by atoms with Gasteiger partial charge in [0.15, 0.2) is 0 Å². The Morgan fingerprint density at radius 1 is 1.21 bits per heavy atom. The number of aryl methyl sites for hydroxylation is 1. The molecule has 5 rings (SSSR count). The number of halogens is 1. The Hall–Kier alpha value is -4.17. The average Bonchev–Trinajstić information content (AvgIpc) is 3.70. The standard InChI is InChI=1S/C33H41FN6O6S/c1-7-36-40(35-5)29-20(2)27-28(42)39(33(3,4)31(43)37-16-8-9-17-37)32(44)38(30(27)47-29)19-26(46-23-13-11-22(41)12-14-23)24-18-21(34)10-15-25(24)45-6/h7,10,15,18,23,26H,5,8-9,11-14,16-17,19H2,1-4,6H3/b36-7-/t26-/m0/s1. The molecule has 1 aliphatic carbocycles. The molecule has 1 aromatic carbocycles. The molecule has 3 heterocycles. The van der Waals surface area contributed by atoms with Crippen LogP contribution in [0, 0.1) is 12.7 Å². The van der Waals surface area contributed by atoms with Gasteiger partial charge in [-0.1, -0.05) is 11.3 Å². The van der Waals surface area contributed by atoms with E-state index in [2.05, 4.69) is 16.9 Å². The van der Waals surface area contributed by atoms with Gasteiger partial charge in [0.2, 0.25) is 5.91 Å². The first-order chi connectivity index (χ1) is 22.4. The van der Waals surface area contributed by atoms with Gasteiger partial charge >= 0.3 is 5.69 Å². The van der Waals surface area contributed by atoms with Crippen molar-refractivity contribution in [1.82, 2.24) is 14.0 Å². The maximum Gasteiger partial charge on any atom is 0.333 e. The summed E-state index contributed by atoms with van der Waals surface area (Å²) < 4.78 is 29.4. The highest BCUT2D eigenvalue weighted by atomic mass is 32.1. The summed E-state index contributed by atoms with van der Waals surface area (Å²) in [5.74, 6) is -0.346. The monoisotopic (exact) mass is 668 g/mol. The average molecular weight is 669 g/mol. The molecule has 1 amide bonds. The van der Waals surface area contributed by atoms with Crippen LogP contribution in [-0.2, 0) is 26.4 Å². The van der Waals surface area contributed by atoms with Crippen LogP contribution in [-0.4, -0.2) is 65.0 Å². The number of anilines is 1. The summed E-state index contributed by atoms with van der Waals surface area (Å²) in [6.07, 6.45) is 3.62. The smallest absolute Gasteiger partial charge is 0.333 e. The Bertz CT molecular complexity index is 1830. The third-order valence-corrected chi connectivity index (χ3v) is 10.2. The predicted molar refractivity (Wildman–Crippen MR) is 180 cm³/mol. The molecule has 47 heavy (non-hydrogen) atoms. The minimum absolute atomic E-state index is 0.147. The van der Waals surface area contributed by atoms with Gasteiger partial charge in [0, 0.05) is 50.0 Å². The van der Waals surface area contributed by atoms with Crippen molar-refractivity contribution in [1.29, 1.82) is 0 Å². The summed E-state index contributed by atoms with van der Waals surface area (Å²) in [5.41, 5.74) is -1.99.